The van der Waals surface area contributed by atoms with Crippen molar-refractivity contribution in [3.8, 4) is 0 Å². The van der Waals surface area contributed by atoms with Gasteiger partial charge >= 0.3 is 0 Å². The molecule has 0 aliphatic rings. The Bertz CT molecular complexity index is 620. The summed E-state index contributed by atoms with van der Waals surface area (Å²) in [4.78, 5) is 16.6. The summed E-state index contributed by atoms with van der Waals surface area (Å²) in [6, 6.07) is 10.2. The Balaban J connectivity index is 1.85. The molecule has 4 nitrogen and oxygen atoms in total. The van der Waals surface area contributed by atoms with Crippen LogP contribution in [0.5, 0.6) is 0 Å². The maximum atomic E-state index is 12.1. The molecule has 1 aromatic carbocycles. The quantitative estimate of drug-likeness (QED) is 0.781. The van der Waals surface area contributed by atoms with Crippen LogP contribution in [-0.2, 0) is 17.6 Å². The lowest BCUT2D eigenvalue weighted by atomic mass is 9.94. The molecule has 0 unspecified atom stereocenters. The molecule has 3 N–H and O–H groups in total. The average Bonchev–Trinajstić information content (AvgIpc) is 3.00. The van der Waals surface area contributed by atoms with Crippen molar-refractivity contribution in [1.29, 1.82) is 0 Å². The minimum Gasteiger partial charge on any atom is -0.354 e. The first-order chi connectivity index (χ1) is 11.0. The van der Waals surface area contributed by atoms with E-state index in [2.05, 4.69) is 22.4 Å². The second-order valence-electron chi connectivity index (χ2n) is 5.92. The zero-order valence-electron chi connectivity index (χ0n) is 13.8. The zero-order chi connectivity index (χ0) is 16.7. The predicted octanol–water partition coefficient (Wildman–Crippen LogP) is 2.91. The fourth-order valence-electron chi connectivity index (χ4n) is 2.28. The highest BCUT2D eigenvalue weighted by molar-refractivity contribution is 7.09. The van der Waals surface area contributed by atoms with Gasteiger partial charge < -0.3 is 11.1 Å². The molecule has 5 heteroatoms. The number of nitrogens with two attached hydrogens (primary N) is 1. The van der Waals surface area contributed by atoms with Crippen molar-refractivity contribution < 1.29 is 4.79 Å². The Morgan fingerprint density at radius 2 is 1.96 bits per heavy atom. The van der Waals surface area contributed by atoms with Crippen molar-refractivity contribution in [2.75, 3.05) is 6.54 Å². The van der Waals surface area contributed by atoms with E-state index in [4.69, 9.17) is 5.73 Å². The maximum absolute atomic E-state index is 12.1. The second-order valence-corrected chi connectivity index (χ2v) is 6.86. The van der Waals surface area contributed by atoms with Gasteiger partial charge in [-0.3, -0.25) is 4.79 Å². The van der Waals surface area contributed by atoms with Gasteiger partial charge in [0.25, 0.3) is 0 Å². The Morgan fingerprint density at radius 3 is 2.61 bits per heavy atom. The lowest BCUT2D eigenvalue weighted by molar-refractivity contribution is -0.120. The molecule has 1 aromatic heterocycles. The summed E-state index contributed by atoms with van der Waals surface area (Å²) in [7, 11) is 0. The molecule has 0 aliphatic heterocycles. The van der Waals surface area contributed by atoms with Gasteiger partial charge in [0.15, 0.2) is 0 Å². The average molecular weight is 331 g/mol. The van der Waals surface area contributed by atoms with Crippen LogP contribution in [-0.4, -0.2) is 23.0 Å². The van der Waals surface area contributed by atoms with Crippen LogP contribution in [0.25, 0.3) is 0 Å². The number of thiazole rings is 1. The summed E-state index contributed by atoms with van der Waals surface area (Å²) in [6.45, 7) is 4.61. The number of amides is 1. The number of benzene rings is 1. The van der Waals surface area contributed by atoms with Gasteiger partial charge in [0.1, 0.15) is 0 Å². The Morgan fingerprint density at radius 1 is 1.26 bits per heavy atom. The molecule has 124 valence electrons. The van der Waals surface area contributed by atoms with Crippen LogP contribution in [0, 0.1) is 0 Å². The lowest BCUT2D eigenvalue weighted by Crippen LogP contribution is -2.49. The largest absolute Gasteiger partial charge is 0.354 e. The summed E-state index contributed by atoms with van der Waals surface area (Å²) >= 11 is 1.60. The number of hydrogen-bond donors (Lipinski definition) is 2. The van der Waals surface area contributed by atoms with Crippen molar-refractivity contribution in [3.63, 3.8) is 0 Å². The third kappa shape index (κ3) is 5.44. The van der Waals surface area contributed by atoms with Gasteiger partial charge in [-0.05, 0) is 18.4 Å². The van der Waals surface area contributed by atoms with Crippen LogP contribution in [0.15, 0.2) is 35.7 Å². The van der Waals surface area contributed by atoms with E-state index in [1.165, 1.54) is 5.56 Å². The Hall–Kier alpha value is -1.72. The first-order valence-electron chi connectivity index (χ1n) is 8.07. The molecule has 0 bridgehead atoms. The molecule has 1 amide bonds. The molecular weight excluding hydrogens is 306 g/mol. The molecule has 2 rings (SSSR count). The highest BCUT2D eigenvalue weighted by atomic mass is 32.1. The normalized spacial score (nSPS) is 11.4. The number of nitrogens with one attached hydrogen (secondary N) is 1. The Kier molecular flexibility index (Phi) is 6.30. The summed E-state index contributed by atoms with van der Waals surface area (Å²) in [5, 5.41) is 5.94. The van der Waals surface area contributed by atoms with E-state index < -0.39 is 0 Å². The molecule has 0 fully saturated rings. The van der Waals surface area contributed by atoms with Gasteiger partial charge in [0.05, 0.1) is 17.1 Å². The minimum absolute atomic E-state index is 0.0155. The zero-order valence-corrected chi connectivity index (χ0v) is 14.7. The number of carbonyl (C=O) groups excluding carboxylic acids is 1. The maximum Gasteiger partial charge on any atom is 0.226 e. The van der Waals surface area contributed by atoms with E-state index in [1.807, 2.05) is 37.4 Å². The van der Waals surface area contributed by atoms with Gasteiger partial charge in [0.2, 0.25) is 5.91 Å². The minimum atomic E-state index is -0.309. The van der Waals surface area contributed by atoms with Crippen molar-refractivity contribution in [2.45, 2.75) is 45.1 Å². The number of hydrogen-bond acceptors (Lipinski definition) is 4. The molecule has 23 heavy (non-hydrogen) atoms. The van der Waals surface area contributed by atoms with Crippen LogP contribution in [0.4, 0.5) is 0 Å². The number of carbonyl (C=O) groups is 1. The second kappa shape index (κ2) is 8.22. The standard InChI is InChI=1S/C18H25N3OS/c1-3-18(19,4-2)13-20-16(22)11-15-12-23-17(21-15)10-14-8-6-5-7-9-14/h5-9,12H,3-4,10-11,13,19H2,1-2H3,(H,20,22). The van der Waals surface area contributed by atoms with Gasteiger partial charge in [-0.25, -0.2) is 4.98 Å². The van der Waals surface area contributed by atoms with Crippen LogP contribution >= 0.6 is 11.3 Å². The van der Waals surface area contributed by atoms with Gasteiger partial charge in [-0.1, -0.05) is 44.2 Å². The molecule has 0 radical (unpaired) electrons. The van der Waals surface area contributed by atoms with Gasteiger partial charge in [-0.15, -0.1) is 11.3 Å². The van der Waals surface area contributed by atoms with Crippen LogP contribution in [0.3, 0.4) is 0 Å². The van der Waals surface area contributed by atoms with E-state index in [-0.39, 0.29) is 11.4 Å². The summed E-state index contributed by atoms with van der Waals surface area (Å²) in [5.41, 5.74) is 7.95. The fraction of sp³-hybridized carbons (Fsp3) is 0.444. The topological polar surface area (TPSA) is 68.0 Å². The summed E-state index contributed by atoms with van der Waals surface area (Å²) < 4.78 is 0. The van der Waals surface area contributed by atoms with Crippen molar-refractivity contribution in [3.05, 3.63) is 52.0 Å². The third-order valence-electron chi connectivity index (χ3n) is 4.19. The van der Waals surface area contributed by atoms with Crippen LogP contribution in [0.2, 0.25) is 0 Å². The van der Waals surface area contributed by atoms with E-state index in [9.17, 15) is 4.79 Å². The van der Waals surface area contributed by atoms with Crippen LogP contribution < -0.4 is 11.1 Å². The van der Waals surface area contributed by atoms with Gasteiger partial charge in [0, 0.05) is 23.9 Å². The molecule has 0 aliphatic carbocycles. The number of rotatable bonds is 8. The molecular formula is C18H25N3OS. The monoisotopic (exact) mass is 331 g/mol. The molecule has 0 saturated heterocycles. The van der Waals surface area contributed by atoms with Crippen molar-refractivity contribution in [1.82, 2.24) is 10.3 Å². The first kappa shape index (κ1) is 17.6. The van der Waals surface area contributed by atoms with Gasteiger partial charge in [-0.2, -0.15) is 0 Å². The fourth-order valence-corrected chi connectivity index (χ4v) is 3.11. The highest BCUT2D eigenvalue weighted by Crippen LogP contribution is 2.15. The molecule has 1 heterocycles. The number of nitrogens with zero attached hydrogens (tertiary/aromatic N) is 1. The molecule has 2 aromatic rings. The van der Waals surface area contributed by atoms with E-state index in [1.54, 1.807) is 11.3 Å². The SMILES string of the molecule is CCC(N)(CC)CNC(=O)Cc1csc(Cc2ccccc2)n1. The van der Waals surface area contributed by atoms with E-state index in [0.29, 0.717) is 13.0 Å². The highest BCUT2D eigenvalue weighted by Gasteiger charge is 2.21. The van der Waals surface area contributed by atoms with Crippen molar-refractivity contribution in [2.24, 2.45) is 5.73 Å². The van der Waals surface area contributed by atoms with E-state index in [0.717, 1.165) is 30.0 Å². The summed E-state index contributed by atoms with van der Waals surface area (Å²) in [5.74, 6) is -0.0155. The van der Waals surface area contributed by atoms with Crippen molar-refractivity contribution >= 4 is 17.2 Å². The molecule has 0 saturated carbocycles. The summed E-state index contributed by atoms with van der Waals surface area (Å²) in [6.07, 6.45) is 2.82. The van der Waals surface area contributed by atoms with E-state index >= 15 is 0 Å². The predicted molar refractivity (Wildman–Crippen MR) is 95.6 cm³/mol. The smallest absolute Gasteiger partial charge is 0.226 e. The van der Waals surface area contributed by atoms with Crippen LogP contribution in [0.1, 0.15) is 43.0 Å². The molecule has 0 atom stereocenters. The number of aromatic nitrogens is 1. The third-order valence-corrected chi connectivity index (χ3v) is 5.08. The Labute approximate surface area is 142 Å². The lowest BCUT2D eigenvalue weighted by Gasteiger charge is -2.26. The molecule has 0 spiro atoms. The first-order valence-corrected chi connectivity index (χ1v) is 8.95.